The minimum Gasteiger partial charge on any atom is -0.507 e. The standard InChI is InChI=1S/C13H9BrCl2N2O3S/c14-9-1-4-13(19)8(5-9)7-17-18-22(20,21)10-2-3-11(15)12(16)6-10/h1-7,18-19H/b17-7+. The lowest BCUT2D eigenvalue weighted by Crippen LogP contribution is -2.18. The Bertz CT molecular complexity index is 841. The molecule has 2 aromatic rings. The molecule has 2 N–H and O–H groups in total. The number of hydrogen-bond acceptors (Lipinski definition) is 4. The van der Waals surface area contributed by atoms with Gasteiger partial charge in [0.05, 0.1) is 21.2 Å². The Labute approximate surface area is 145 Å². The third kappa shape index (κ3) is 4.13. The van der Waals surface area contributed by atoms with Gasteiger partial charge >= 0.3 is 0 Å². The van der Waals surface area contributed by atoms with Crippen LogP contribution in [0.3, 0.4) is 0 Å². The Hall–Kier alpha value is -1.28. The number of sulfonamides is 1. The average Bonchev–Trinajstić information content (AvgIpc) is 2.45. The molecule has 2 aromatic carbocycles. The molecule has 5 nitrogen and oxygen atoms in total. The van der Waals surface area contributed by atoms with E-state index < -0.39 is 10.0 Å². The van der Waals surface area contributed by atoms with Crippen molar-refractivity contribution in [3.63, 3.8) is 0 Å². The smallest absolute Gasteiger partial charge is 0.276 e. The van der Waals surface area contributed by atoms with Crippen LogP contribution in [0.25, 0.3) is 0 Å². The number of phenols is 1. The molecule has 0 aliphatic heterocycles. The summed E-state index contributed by atoms with van der Waals surface area (Å²) in [4.78, 5) is 1.96. The Balaban J connectivity index is 2.20. The van der Waals surface area contributed by atoms with Crippen LogP contribution in [0.5, 0.6) is 5.75 Å². The highest BCUT2D eigenvalue weighted by molar-refractivity contribution is 9.10. The number of hydrogen-bond donors (Lipinski definition) is 2. The van der Waals surface area contributed by atoms with Crippen molar-refractivity contribution in [2.24, 2.45) is 5.10 Å². The molecule has 0 saturated heterocycles. The molecule has 116 valence electrons. The summed E-state index contributed by atoms with van der Waals surface area (Å²) in [5.74, 6) is -0.0271. The van der Waals surface area contributed by atoms with Gasteiger partial charge in [-0.1, -0.05) is 39.1 Å². The monoisotopic (exact) mass is 422 g/mol. The predicted octanol–water partition coefficient (Wildman–Crippen LogP) is 3.77. The zero-order chi connectivity index (χ0) is 16.3. The van der Waals surface area contributed by atoms with Crippen molar-refractivity contribution in [2.75, 3.05) is 0 Å². The van der Waals surface area contributed by atoms with Gasteiger partial charge in [0.2, 0.25) is 0 Å². The van der Waals surface area contributed by atoms with Crippen LogP contribution in [0.15, 0.2) is 50.9 Å². The lowest BCUT2D eigenvalue weighted by atomic mass is 10.2. The topological polar surface area (TPSA) is 78.8 Å². The van der Waals surface area contributed by atoms with Crippen molar-refractivity contribution in [3.05, 3.63) is 56.5 Å². The number of nitrogens with zero attached hydrogens (tertiary/aromatic N) is 1. The number of halogens is 3. The minimum atomic E-state index is -3.88. The fourth-order valence-corrected chi connectivity index (χ4v) is 3.05. The number of rotatable bonds is 4. The van der Waals surface area contributed by atoms with Crippen molar-refractivity contribution in [1.82, 2.24) is 4.83 Å². The molecule has 0 aliphatic carbocycles. The number of aromatic hydroxyl groups is 1. The minimum absolute atomic E-state index is 0.0271. The van der Waals surface area contributed by atoms with Gasteiger partial charge in [-0.2, -0.15) is 13.5 Å². The highest BCUT2D eigenvalue weighted by Gasteiger charge is 2.14. The van der Waals surface area contributed by atoms with Gasteiger partial charge in [0.1, 0.15) is 5.75 Å². The second-order valence-corrected chi connectivity index (χ2v) is 7.52. The summed E-state index contributed by atoms with van der Waals surface area (Å²) in [6.07, 6.45) is 1.19. The van der Waals surface area contributed by atoms with Crippen molar-refractivity contribution in [3.8, 4) is 5.75 Å². The van der Waals surface area contributed by atoms with E-state index >= 15 is 0 Å². The van der Waals surface area contributed by atoms with Crippen LogP contribution in [0, 0.1) is 0 Å². The largest absolute Gasteiger partial charge is 0.507 e. The van der Waals surface area contributed by atoms with E-state index in [-0.39, 0.29) is 20.7 Å². The van der Waals surface area contributed by atoms with Gasteiger partial charge in [0, 0.05) is 10.0 Å². The summed E-state index contributed by atoms with van der Waals surface area (Å²) in [5.41, 5.74) is 0.353. The van der Waals surface area contributed by atoms with Crippen molar-refractivity contribution < 1.29 is 13.5 Å². The first kappa shape index (κ1) is 17.1. The van der Waals surface area contributed by atoms with E-state index in [4.69, 9.17) is 23.2 Å². The quantitative estimate of drug-likeness (QED) is 0.580. The molecule has 0 heterocycles. The molecule has 22 heavy (non-hydrogen) atoms. The van der Waals surface area contributed by atoms with Gasteiger partial charge in [0.15, 0.2) is 0 Å². The van der Waals surface area contributed by atoms with Crippen molar-refractivity contribution in [2.45, 2.75) is 4.90 Å². The molecule has 0 saturated carbocycles. The van der Waals surface area contributed by atoms with E-state index in [0.29, 0.717) is 5.56 Å². The van der Waals surface area contributed by atoms with Crippen LogP contribution in [0.1, 0.15) is 5.56 Å². The fraction of sp³-hybridized carbons (Fsp3) is 0. The van der Waals surface area contributed by atoms with Gasteiger partial charge in [-0.15, -0.1) is 0 Å². The molecule has 0 unspecified atom stereocenters. The Morgan fingerprint density at radius 2 is 1.86 bits per heavy atom. The van der Waals surface area contributed by atoms with Crippen LogP contribution >= 0.6 is 39.1 Å². The Morgan fingerprint density at radius 3 is 2.55 bits per heavy atom. The first-order chi connectivity index (χ1) is 10.3. The lowest BCUT2D eigenvalue weighted by Gasteiger charge is -2.05. The third-order valence-corrected chi connectivity index (χ3v) is 5.02. The normalized spacial score (nSPS) is 11.8. The SMILES string of the molecule is O=S(=O)(N/N=C/c1cc(Br)ccc1O)c1ccc(Cl)c(Cl)c1. The van der Waals surface area contributed by atoms with E-state index in [1.807, 2.05) is 4.83 Å². The maximum absolute atomic E-state index is 12.0. The van der Waals surface area contributed by atoms with Crippen molar-refractivity contribution in [1.29, 1.82) is 0 Å². The molecule has 0 fully saturated rings. The van der Waals surface area contributed by atoms with Gasteiger partial charge in [-0.25, -0.2) is 4.83 Å². The number of hydrazone groups is 1. The molecular weight excluding hydrogens is 415 g/mol. The first-order valence-corrected chi connectivity index (χ1v) is 8.81. The zero-order valence-electron chi connectivity index (χ0n) is 10.8. The Morgan fingerprint density at radius 1 is 1.14 bits per heavy atom. The highest BCUT2D eigenvalue weighted by Crippen LogP contribution is 2.24. The first-order valence-electron chi connectivity index (χ1n) is 5.78. The average molecular weight is 424 g/mol. The summed E-state index contributed by atoms with van der Waals surface area (Å²) < 4.78 is 24.8. The van der Waals surface area contributed by atoms with Gasteiger partial charge in [0.25, 0.3) is 10.0 Å². The van der Waals surface area contributed by atoms with Gasteiger partial charge < -0.3 is 5.11 Å². The summed E-state index contributed by atoms with van der Waals surface area (Å²) in [6.45, 7) is 0. The van der Waals surface area contributed by atoms with Crippen LogP contribution in [-0.4, -0.2) is 19.7 Å². The van der Waals surface area contributed by atoms with E-state index in [2.05, 4.69) is 21.0 Å². The molecule has 0 amide bonds. The highest BCUT2D eigenvalue weighted by atomic mass is 79.9. The predicted molar refractivity (Wildman–Crippen MR) is 90.2 cm³/mol. The molecule has 9 heteroatoms. The van der Waals surface area contributed by atoms with Crippen LogP contribution in [0.4, 0.5) is 0 Å². The lowest BCUT2D eigenvalue weighted by molar-refractivity contribution is 0.474. The summed E-state index contributed by atoms with van der Waals surface area (Å²) >= 11 is 14.8. The van der Waals surface area contributed by atoms with E-state index in [9.17, 15) is 13.5 Å². The Kier molecular flexibility index (Phi) is 5.33. The summed E-state index contributed by atoms with van der Waals surface area (Å²) in [6, 6.07) is 8.60. The number of benzene rings is 2. The van der Waals surface area contributed by atoms with E-state index in [0.717, 1.165) is 4.47 Å². The van der Waals surface area contributed by atoms with Crippen LogP contribution in [0.2, 0.25) is 10.0 Å². The van der Waals surface area contributed by atoms with E-state index in [1.54, 1.807) is 12.1 Å². The fourth-order valence-electron chi connectivity index (χ4n) is 1.49. The maximum atomic E-state index is 12.0. The number of nitrogens with one attached hydrogen (secondary N) is 1. The number of phenolic OH excluding ortho intramolecular Hbond substituents is 1. The molecule has 0 bridgehead atoms. The van der Waals surface area contributed by atoms with Gasteiger partial charge in [-0.05, 0) is 36.4 Å². The van der Waals surface area contributed by atoms with Gasteiger partial charge in [-0.3, -0.25) is 0 Å². The molecule has 0 aromatic heterocycles. The zero-order valence-corrected chi connectivity index (χ0v) is 14.7. The molecule has 0 aliphatic rings. The second-order valence-electron chi connectivity index (χ2n) is 4.13. The van der Waals surface area contributed by atoms with Crippen molar-refractivity contribution >= 4 is 55.4 Å². The molecular formula is C13H9BrCl2N2O3S. The van der Waals surface area contributed by atoms with Crippen LogP contribution in [-0.2, 0) is 10.0 Å². The molecule has 2 rings (SSSR count). The third-order valence-electron chi connectivity index (χ3n) is 2.57. The second kappa shape index (κ2) is 6.87. The molecule has 0 spiro atoms. The summed E-state index contributed by atoms with van der Waals surface area (Å²) in [5, 5.41) is 13.6. The molecule has 0 atom stereocenters. The van der Waals surface area contributed by atoms with E-state index in [1.165, 1.54) is 30.5 Å². The maximum Gasteiger partial charge on any atom is 0.276 e. The van der Waals surface area contributed by atoms with Crippen LogP contribution < -0.4 is 4.83 Å². The summed E-state index contributed by atoms with van der Waals surface area (Å²) in [7, 11) is -3.88. The molecule has 0 radical (unpaired) electrons.